The molecular formula is C12H18N2. The van der Waals surface area contributed by atoms with Crippen molar-refractivity contribution in [1.82, 2.24) is 0 Å². The number of hydrogen-bond donors (Lipinski definition) is 2. The molecule has 14 heavy (non-hydrogen) atoms. The summed E-state index contributed by atoms with van der Waals surface area (Å²) >= 11 is 0. The van der Waals surface area contributed by atoms with Gasteiger partial charge in [-0.25, -0.2) is 0 Å². The average molecular weight is 190 g/mol. The van der Waals surface area contributed by atoms with Gasteiger partial charge in [-0.1, -0.05) is 18.2 Å². The van der Waals surface area contributed by atoms with Crippen molar-refractivity contribution < 1.29 is 0 Å². The Morgan fingerprint density at radius 3 is 2.36 bits per heavy atom. The lowest BCUT2D eigenvalue weighted by atomic mass is 9.96. The summed E-state index contributed by atoms with van der Waals surface area (Å²) in [4.78, 5) is 0. The summed E-state index contributed by atoms with van der Waals surface area (Å²) < 4.78 is 0. The lowest BCUT2D eigenvalue weighted by Gasteiger charge is -2.20. The fraction of sp³-hybridized carbons (Fsp3) is 0.500. The largest absolute Gasteiger partial charge is 0.323 e. The van der Waals surface area contributed by atoms with Crippen molar-refractivity contribution in [2.24, 2.45) is 11.5 Å². The highest BCUT2D eigenvalue weighted by Gasteiger charge is 2.44. The molecule has 2 heteroatoms. The summed E-state index contributed by atoms with van der Waals surface area (Å²) in [6, 6.07) is 6.38. The number of benzene rings is 1. The van der Waals surface area contributed by atoms with Gasteiger partial charge in [0.25, 0.3) is 0 Å². The van der Waals surface area contributed by atoms with Gasteiger partial charge in [-0.3, -0.25) is 0 Å². The van der Waals surface area contributed by atoms with Crippen LogP contribution >= 0.6 is 0 Å². The van der Waals surface area contributed by atoms with Crippen molar-refractivity contribution in [3.8, 4) is 0 Å². The first-order valence-corrected chi connectivity index (χ1v) is 5.14. The Labute approximate surface area is 85.3 Å². The first-order valence-electron chi connectivity index (χ1n) is 5.14. The molecule has 0 radical (unpaired) electrons. The van der Waals surface area contributed by atoms with Gasteiger partial charge in [0.05, 0.1) is 0 Å². The Balaban J connectivity index is 2.28. The van der Waals surface area contributed by atoms with Gasteiger partial charge >= 0.3 is 0 Å². The molecule has 0 aromatic heterocycles. The zero-order valence-corrected chi connectivity index (χ0v) is 8.88. The first kappa shape index (κ1) is 9.69. The third-order valence-electron chi connectivity index (χ3n) is 3.34. The third-order valence-corrected chi connectivity index (χ3v) is 3.34. The number of nitrogens with two attached hydrogens (primary N) is 2. The predicted octanol–water partition coefficient (Wildman–Crippen LogP) is 1.79. The Hall–Kier alpha value is -0.860. The average Bonchev–Trinajstić information content (AvgIpc) is 2.89. The minimum Gasteiger partial charge on any atom is -0.323 e. The van der Waals surface area contributed by atoms with E-state index in [0.29, 0.717) is 0 Å². The maximum atomic E-state index is 6.13. The molecule has 1 aromatic rings. The zero-order chi connectivity index (χ0) is 10.3. The molecule has 0 aliphatic heterocycles. The standard InChI is InChI=1S/C12H18N2/c1-8-3-4-10(7-9(8)2)11(13)12(14)5-6-12/h3-4,7,11H,5-6,13-14H2,1-2H3. The fourth-order valence-electron chi connectivity index (χ4n) is 1.75. The van der Waals surface area contributed by atoms with E-state index in [1.165, 1.54) is 16.7 Å². The highest BCUT2D eigenvalue weighted by molar-refractivity contribution is 5.34. The smallest absolute Gasteiger partial charge is 0.0477 e. The first-order chi connectivity index (χ1) is 6.53. The summed E-state index contributed by atoms with van der Waals surface area (Å²) in [5.41, 5.74) is 15.9. The van der Waals surface area contributed by atoms with Crippen LogP contribution in [0.4, 0.5) is 0 Å². The van der Waals surface area contributed by atoms with Crippen molar-refractivity contribution in [3.63, 3.8) is 0 Å². The van der Waals surface area contributed by atoms with Crippen molar-refractivity contribution in [2.75, 3.05) is 0 Å². The van der Waals surface area contributed by atoms with Crippen molar-refractivity contribution in [1.29, 1.82) is 0 Å². The van der Waals surface area contributed by atoms with E-state index >= 15 is 0 Å². The van der Waals surface area contributed by atoms with E-state index < -0.39 is 0 Å². The molecule has 0 spiro atoms. The zero-order valence-electron chi connectivity index (χ0n) is 8.88. The normalized spacial score (nSPS) is 20.6. The molecule has 1 fully saturated rings. The minimum absolute atomic E-state index is 0.00167. The van der Waals surface area contributed by atoms with E-state index in [4.69, 9.17) is 11.5 Å². The molecule has 2 nitrogen and oxygen atoms in total. The van der Waals surface area contributed by atoms with E-state index in [1.807, 2.05) is 0 Å². The van der Waals surface area contributed by atoms with Gasteiger partial charge in [-0.15, -0.1) is 0 Å². The molecule has 1 aromatic carbocycles. The molecule has 0 amide bonds. The van der Waals surface area contributed by atoms with Gasteiger partial charge in [-0.2, -0.15) is 0 Å². The second-order valence-electron chi connectivity index (χ2n) is 4.55. The number of hydrogen-bond acceptors (Lipinski definition) is 2. The molecule has 2 rings (SSSR count). The Bertz CT molecular complexity index is 353. The molecule has 4 N–H and O–H groups in total. The summed E-state index contributed by atoms with van der Waals surface area (Å²) in [6.07, 6.45) is 2.11. The van der Waals surface area contributed by atoms with E-state index in [9.17, 15) is 0 Å². The van der Waals surface area contributed by atoms with Gasteiger partial charge in [-0.05, 0) is 43.4 Å². The van der Waals surface area contributed by atoms with Crippen LogP contribution in [0.25, 0.3) is 0 Å². The summed E-state index contributed by atoms with van der Waals surface area (Å²) in [6.45, 7) is 4.22. The highest BCUT2D eigenvalue weighted by atomic mass is 14.9. The van der Waals surface area contributed by atoms with E-state index in [2.05, 4.69) is 32.0 Å². The van der Waals surface area contributed by atoms with Crippen LogP contribution in [0.1, 0.15) is 35.6 Å². The van der Waals surface area contributed by atoms with Crippen LogP contribution in [0.2, 0.25) is 0 Å². The van der Waals surface area contributed by atoms with Gasteiger partial charge in [0, 0.05) is 11.6 Å². The number of rotatable bonds is 2. The lowest BCUT2D eigenvalue weighted by Crippen LogP contribution is -2.36. The van der Waals surface area contributed by atoms with Crippen LogP contribution in [0.3, 0.4) is 0 Å². The molecule has 1 saturated carbocycles. The van der Waals surface area contributed by atoms with Gasteiger partial charge in [0.1, 0.15) is 0 Å². The SMILES string of the molecule is Cc1ccc(C(N)C2(N)CC2)cc1C. The van der Waals surface area contributed by atoms with Crippen LogP contribution < -0.4 is 11.5 Å². The third kappa shape index (κ3) is 1.56. The van der Waals surface area contributed by atoms with Gasteiger partial charge in [0.2, 0.25) is 0 Å². The van der Waals surface area contributed by atoms with E-state index in [-0.39, 0.29) is 11.6 Å². The topological polar surface area (TPSA) is 52.0 Å². The quantitative estimate of drug-likeness (QED) is 0.747. The van der Waals surface area contributed by atoms with Crippen LogP contribution in [-0.4, -0.2) is 5.54 Å². The predicted molar refractivity (Wildman–Crippen MR) is 59.0 cm³/mol. The molecule has 1 aliphatic carbocycles. The van der Waals surface area contributed by atoms with E-state index in [1.54, 1.807) is 0 Å². The van der Waals surface area contributed by atoms with Crippen LogP contribution in [0.5, 0.6) is 0 Å². The summed E-state index contributed by atoms with van der Waals surface area (Å²) in [5.74, 6) is 0. The fourth-order valence-corrected chi connectivity index (χ4v) is 1.75. The molecule has 1 unspecified atom stereocenters. The molecule has 1 atom stereocenters. The van der Waals surface area contributed by atoms with Crippen LogP contribution in [0, 0.1) is 13.8 Å². The van der Waals surface area contributed by atoms with Crippen molar-refractivity contribution in [3.05, 3.63) is 34.9 Å². The van der Waals surface area contributed by atoms with Crippen LogP contribution in [0.15, 0.2) is 18.2 Å². The van der Waals surface area contributed by atoms with Gasteiger partial charge in [0.15, 0.2) is 0 Å². The maximum Gasteiger partial charge on any atom is 0.0477 e. The Kier molecular flexibility index (Phi) is 2.13. The second-order valence-corrected chi connectivity index (χ2v) is 4.55. The molecular weight excluding hydrogens is 172 g/mol. The van der Waals surface area contributed by atoms with Crippen molar-refractivity contribution in [2.45, 2.75) is 38.3 Å². The van der Waals surface area contributed by atoms with E-state index in [0.717, 1.165) is 12.8 Å². The van der Waals surface area contributed by atoms with Crippen molar-refractivity contribution >= 4 is 0 Å². The summed E-state index contributed by atoms with van der Waals surface area (Å²) in [7, 11) is 0. The van der Waals surface area contributed by atoms with Crippen LogP contribution in [-0.2, 0) is 0 Å². The Morgan fingerprint density at radius 1 is 1.21 bits per heavy atom. The lowest BCUT2D eigenvalue weighted by molar-refractivity contribution is 0.535. The highest BCUT2D eigenvalue weighted by Crippen LogP contribution is 2.42. The number of aryl methyl sites for hydroxylation is 2. The molecule has 1 aliphatic rings. The molecule has 0 saturated heterocycles. The second kappa shape index (κ2) is 3.07. The monoisotopic (exact) mass is 190 g/mol. The molecule has 0 heterocycles. The maximum absolute atomic E-state index is 6.13. The summed E-state index contributed by atoms with van der Waals surface area (Å²) in [5, 5.41) is 0. The minimum atomic E-state index is -0.123. The molecule has 0 bridgehead atoms. The van der Waals surface area contributed by atoms with Gasteiger partial charge < -0.3 is 11.5 Å². The Morgan fingerprint density at radius 2 is 1.86 bits per heavy atom. The molecule has 76 valence electrons.